The van der Waals surface area contributed by atoms with Gasteiger partial charge in [-0.1, -0.05) is 36.4 Å². The predicted molar refractivity (Wildman–Crippen MR) is 97.9 cm³/mol. The Hall–Kier alpha value is -2.48. The van der Waals surface area contributed by atoms with Gasteiger partial charge in [0, 0.05) is 10.4 Å². The van der Waals surface area contributed by atoms with Crippen LogP contribution in [-0.4, -0.2) is 19.5 Å². The van der Waals surface area contributed by atoms with Gasteiger partial charge >= 0.3 is 5.97 Å². The summed E-state index contributed by atoms with van der Waals surface area (Å²) < 4.78 is 22.7. The number of hydrogen-bond acceptors (Lipinski definition) is 4. The molecule has 3 rings (SSSR count). The van der Waals surface area contributed by atoms with Gasteiger partial charge in [0.15, 0.2) is 0 Å². The third kappa shape index (κ3) is 3.96. The summed E-state index contributed by atoms with van der Waals surface area (Å²) in [4.78, 5) is 11.9. The smallest absolute Gasteiger partial charge is 0.307 e. The summed E-state index contributed by atoms with van der Waals surface area (Å²) in [6.45, 7) is 0. The molecule has 0 aliphatic carbocycles. The van der Waals surface area contributed by atoms with Crippen LogP contribution in [0.25, 0.3) is 21.6 Å². The SMILES string of the molecule is NS(=O)(=O)c1ccc(-c2sccc2-c2ccc(CC(=O)O)cc2)cc1. The van der Waals surface area contributed by atoms with E-state index < -0.39 is 16.0 Å². The molecule has 0 atom stereocenters. The van der Waals surface area contributed by atoms with Crippen LogP contribution in [0.3, 0.4) is 0 Å². The normalized spacial score (nSPS) is 11.4. The van der Waals surface area contributed by atoms with Crippen LogP contribution in [0.1, 0.15) is 5.56 Å². The zero-order chi connectivity index (χ0) is 18.0. The van der Waals surface area contributed by atoms with Gasteiger partial charge in [-0.15, -0.1) is 11.3 Å². The Labute approximate surface area is 149 Å². The molecule has 0 aliphatic rings. The molecule has 0 unspecified atom stereocenters. The number of sulfonamides is 1. The van der Waals surface area contributed by atoms with Gasteiger partial charge in [0.05, 0.1) is 11.3 Å². The molecule has 7 heteroatoms. The number of carbonyl (C=O) groups is 1. The number of rotatable bonds is 5. The highest BCUT2D eigenvalue weighted by Gasteiger charge is 2.12. The number of carboxylic acid groups (broad SMARTS) is 1. The van der Waals surface area contributed by atoms with Crippen LogP contribution in [0.4, 0.5) is 0 Å². The molecule has 0 saturated carbocycles. The summed E-state index contributed by atoms with van der Waals surface area (Å²) >= 11 is 1.55. The second-order valence-electron chi connectivity index (χ2n) is 5.50. The largest absolute Gasteiger partial charge is 0.481 e. The zero-order valence-electron chi connectivity index (χ0n) is 13.0. The second-order valence-corrected chi connectivity index (χ2v) is 7.98. The highest BCUT2D eigenvalue weighted by Crippen LogP contribution is 2.37. The first-order valence-electron chi connectivity index (χ1n) is 7.36. The molecule has 128 valence electrons. The summed E-state index contributed by atoms with van der Waals surface area (Å²) in [7, 11) is -3.71. The van der Waals surface area contributed by atoms with Gasteiger partial charge in [-0.3, -0.25) is 4.79 Å². The monoisotopic (exact) mass is 373 g/mol. The Morgan fingerprint density at radius 3 is 2.12 bits per heavy atom. The Balaban J connectivity index is 1.94. The molecule has 25 heavy (non-hydrogen) atoms. The minimum atomic E-state index is -3.71. The molecular formula is C18H15NO4S2. The maximum atomic E-state index is 11.4. The summed E-state index contributed by atoms with van der Waals surface area (Å²) in [6.07, 6.45) is -0.00814. The van der Waals surface area contributed by atoms with E-state index in [1.54, 1.807) is 35.6 Å². The molecule has 0 spiro atoms. The Kier molecular flexibility index (Phi) is 4.71. The van der Waals surface area contributed by atoms with Crippen molar-refractivity contribution in [3.8, 4) is 21.6 Å². The molecular weight excluding hydrogens is 358 g/mol. The van der Waals surface area contributed by atoms with E-state index in [4.69, 9.17) is 10.2 Å². The summed E-state index contributed by atoms with van der Waals surface area (Å²) in [5.41, 5.74) is 3.62. The van der Waals surface area contributed by atoms with Crippen LogP contribution in [-0.2, 0) is 21.2 Å². The number of thiophene rings is 1. The fraction of sp³-hybridized carbons (Fsp3) is 0.0556. The van der Waals surface area contributed by atoms with Crippen LogP contribution in [0.15, 0.2) is 64.9 Å². The average molecular weight is 373 g/mol. The molecule has 1 heterocycles. The molecule has 0 amide bonds. The van der Waals surface area contributed by atoms with Crippen LogP contribution >= 0.6 is 11.3 Å². The number of primary sulfonamides is 1. The third-order valence-electron chi connectivity index (χ3n) is 3.73. The van der Waals surface area contributed by atoms with E-state index >= 15 is 0 Å². The number of nitrogens with two attached hydrogens (primary N) is 1. The molecule has 0 bridgehead atoms. The topological polar surface area (TPSA) is 97.5 Å². The molecule has 2 aromatic carbocycles. The summed E-state index contributed by atoms with van der Waals surface area (Å²) in [6, 6.07) is 15.8. The van der Waals surface area contributed by atoms with Crippen LogP contribution in [0.2, 0.25) is 0 Å². The van der Waals surface area contributed by atoms with Gasteiger partial charge in [-0.2, -0.15) is 0 Å². The second kappa shape index (κ2) is 6.79. The molecule has 5 nitrogen and oxygen atoms in total. The number of hydrogen-bond donors (Lipinski definition) is 2. The van der Waals surface area contributed by atoms with Crippen molar-refractivity contribution in [1.82, 2.24) is 0 Å². The Morgan fingerprint density at radius 1 is 0.960 bits per heavy atom. The first-order chi connectivity index (χ1) is 11.8. The molecule has 0 aliphatic heterocycles. The Morgan fingerprint density at radius 2 is 1.56 bits per heavy atom. The lowest BCUT2D eigenvalue weighted by molar-refractivity contribution is -0.136. The van der Waals surface area contributed by atoms with Crippen molar-refractivity contribution in [2.75, 3.05) is 0 Å². The predicted octanol–water partition coefficient (Wildman–Crippen LogP) is 3.36. The lowest BCUT2D eigenvalue weighted by Gasteiger charge is -2.06. The van der Waals surface area contributed by atoms with E-state index in [2.05, 4.69) is 0 Å². The lowest BCUT2D eigenvalue weighted by Crippen LogP contribution is -2.11. The van der Waals surface area contributed by atoms with Gasteiger partial charge in [0.25, 0.3) is 0 Å². The minimum Gasteiger partial charge on any atom is -0.481 e. The maximum absolute atomic E-state index is 11.4. The molecule has 0 radical (unpaired) electrons. The number of benzene rings is 2. The summed E-state index contributed by atoms with van der Waals surface area (Å²) in [5.74, 6) is -0.862. The fourth-order valence-electron chi connectivity index (χ4n) is 2.53. The van der Waals surface area contributed by atoms with Crippen molar-refractivity contribution in [1.29, 1.82) is 0 Å². The highest BCUT2D eigenvalue weighted by molar-refractivity contribution is 7.89. The quantitative estimate of drug-likeness (QED) is 0.716. The molecule has 0 saturated heterocycles. The van der Waals surface area contributed by atoms with Crippen molar-refractivity contribution in [3.05, 3.63) is 65.5 Å². The molecule has 3 N–H and O–H groups in total. The number of carboxylic acids is 1. The van der Waals surface area contributed by atoms with Crippen LogP contribution in [0.5, 0.6) is 0 Å². The molecule has 0 fully saturated rings. The van der Waals surface area contributed by atoms with Gasteiger partial charge < -0.3 is 5.11 Å². The average Bonchev–Trinajstić information content (AvgIpc) is 3.04. The molecule has 1 aromatic heterocycles. The van der Waals surface area contributed by atoms with E-state index in [1.807, 2.05) is 23.6 Å². The Bertz CT molecular complexity index is 1000. The third-order valence-corrected chi connectivity index (χ3v) is 5.62. The highest BCUT2D eigenvalue weighted by atomic mass is 32.2. The first-order valence-corrected chi connectivity index (χ1v) is 9.79. The number of aliphatic carboxylic acids is 1. The van der Waals surface area contributed by atoms with Gasteiger partial charge in [0.2, 0.25) is 10.0 Å². The van der Waals surface area contributed by atoms with Crippen molar-refractivity contribution >= 4 is 27.3 Å². The van der Waals surface area contributed by atoms with Crippen molar-refractivity contribution in [2.24, 2.45) is 5.14 Å². The molecule has 3 aromatic rings. The first kappa shape index (κ1) is 17.3. The van der Waals surface area contributed by atoms with Crippen molar-refractivity contribution < 1.29 is 18.3 Å². The van der Waals surface area contributed by atoms with Crippen LogP contribution in [0, 0.1) is 0 Å². The van der Waals surface area contributed by atoms with Gasteiger partial charge in [-0.05, 0) is 40.3 Å². The van der Waals surface area contributed by atoms with E-state index in [9.17, 15) is 13.2 Å². The van der Waals surface area contributed by atoms with E-state index in [0.29, 0.717) is 0 Å². The van der Waals surface area contributed by atoms with Gasteiger partial charge in [0.1, 0.15) is 0 Å². The lowest BCUT2D eigenvalue weighted by atomic mass is 10.0. The van der Waals surface area contributed by atoms with Crippen molar-refractivity contribution in [3.63, 3.8) is 0 Å². The van der Waals surface area contributed by atoms with E-state index in [-0.39, 0.29) is 11.3 Å². The van der Waals surface area contributed by atoms with E-state index in [1.165, 1.54) is 12.1 Å². The van der Waals surface area contributed by atoms with Crippen molar-refractivity contribution in [2.45, 2.75) is 11.3 Å². The standard InChI is InChI=1S/C18H15NO4S2/c19-25(22,23)15-7-5-14(6-8-15)18-16(9-10-24-18)13-3-1-12(2-4-13)11-17(20)21/h1-10H,11H2,(H,20,21)(H2,19,22,23). The summed E-state index contributed by atoms with van der Waals surface area (Å²) in [5, 5.41) is 15.9. The van der Waals surface area contributed by atoms with Crippen LogP contribution < -0.4 is 5.14 Å². The zero-order valence-corrected chi connectivity index (χ0v) is 14.7. The van der Waals surface area contributed by atoms with Gasteiger partial charge in [-0.25, -0.2) is 13.6 Å². The maximum Gasteiger partial charge on any atom is 0.307 e. The van der Waals surface area contributed by atoms with E-state index in [0.717, 1.165) is 27.1 Å². The fourth-order valence-corrected chi connectivity index (χ4v) is 3.97. The minimum absolute atomic E-state index is 0.00814.